The zero-order valence-corrected chi connectivity index (χ0v) is 14.4. The molecule has 0 heterocycles. The molecule has 0 spiro atoms. The first-order chi connectivity index (χ1) is 10.1. The van der Waals surface area contributed by atoms with Crippen molar-refractivity contribution in [1.29, 1.82) is 0 Å². The molecule has 0 aliphatic heterocycles. The van der Waals surface area contributed by atoms with Crippen molar-refractivity contribution in [2.24, 2.45) is 5.92 Å². The molecule has 0 aliphatic carbocycles. The van der Waals surface area contributed by atoms with Gasteiger partial charge >= 0.3 is 0 Å². The number of hydrogen-bond donors (Lipinski definition) is 1. The number of methoxy groups -OCH3 is 1. The predicted octanol–water partition coefficient (Wildman–Crippen LogP) is 3.11. The first-order valence-electron chi connectivity index (χ1n) is 8.08. The van der Waals surface area contributed by atoms with Crippen molar-refractivity contribution in [2.75, 3.05) is 40.4 Å². The highest BCUT2D eigenvalue weighted by Gasteiger charge is 2.15. The number of likely N-dealkylation sites (N-methyl/N-ethyl adjacent to an activating group) is 1. The van der Waals surface area contributed by atoms with Gasteiger partial charge in [0.25, 0.3) is 0 Å². The lowest BCUT2D eigenvalue weighted by Gasteiger charge is -2.29. The summed E-state index contributed by atoms with van der Waals surface area (Å²) in [5.74, 6) is 0.668. The third-order valence-corrected chi connectivity index (χ3v) is 3.81. The summed E-state index contributed by atoms with van der Waals surface area (Å²) in [7, 11) is 3.81. The van der Waals surface area contributed by atoms with E-state index < -0.39 is 0 Å². The lowest BCUT2D eigenvalue weighted by Crippen LogP contribution is -2.38. The molecule has 1 aromatic rings. The van der Waals surface area contributed by atoms with E-state index in [9.17, 15) is 0 Å². The molecule has 0 radical (unpaired) electrons. The van der Waals surface area contributed by atoms with Crippen LogP contribution in [0.15, 0.2) is 24.3 Å². The number of rotatable bonds is 10. The average molecular weight is 292 g/mol. The van der Waals surface area contributed by atoms with Crippen LogP contribution in [0.4, 0.5) is 0 Å². The molecule has 3 heteroatoms. The number of nitrogens with one attached hydrogen (secondary N) is 1. The van der Waals surface area contributed by atoms with E-state index in [1.807, 2.05) is 7.05 Å². The van der Waals surface area contributed by atoms with E-state index in [4.69, 9.17) is 4.74 Å². The van der Waals surface area contributed by atoms with E-state index in [1.54, 1.807) is 7.11 Å². The van der Waals surface area contributed by atoms with Crippen LogP contribution >= 0.6 is 0 Å². The molecule has 1 unspecified atom stereocenters. The van der Waals surface area contributed by atoms with Crippen molar-refractivity contribution in [3.05, 3.63) is 35.4 Å². The van der Waals surface area contributed by atoms with Gasteiger partial charge in [-0.2, -0.15) is 0 Å². The van der Waals surface area contributed by atoms with Gasteiger partial charge in [-0.1, -0.05) is 45.0 Å². The third kappa shape index (κ3) is 6.60. The average Bonchev–Trinajstić information content (AvgIpc) is 2.49. The fourth-order valence-corrected chi connectivity index (χ4v) is 2.60. The minimum absolute atomic E-state index is 0.367. The van der Waals surface area contributed by atoms with E-state index in [-0.39, 0.29) is 0 Å². The summed E-state index contributed by atoms with van der Waals surface area (Å²) >= 11 is 0. The van der Waals surface area contributed by atoms with Gasteiger partial charge in [0, 0.05) is 32.8 Å². The van der Waals surface area contributed by atoms with Gasteiger partial charge in [0.05, 0.1) is 6.61 Å². The largest absolute Gasteiger partial charge is 0.383 e. The molecular formula is C18H32N2O. The van der Waals surface area contributed by atoms with Gasteiger partial charge in [-0.3, -0.25) is 4.90 Å². The Kier molecular flexibility index (Phi) is 8.58. The van der Waals surface area contributed by atoms with Crippen LogP contribution in [-0.4, -0.2) is 45.3 Å². The zero-order valence-electron chi connectivity index (χ0n) is 14.4. The fourth-order valence-electron chi connectivity index (χ4n) is 2.60. The number of nitrogens with zero attached hydrogens (tertiary/aromatic N) is 1. The maximum Gasteiger partial charge on any atom is 0.0589 e. The molecule has 0 bridgehead atoms. The second kappa shape index (κ2) is 9.93. The van der Waals surface area contributed by atoms with Gasteiger partial charge in [-0.05, 0) is 30.5 Å². The van der Waals surface area contributed by atoms with Crippen LogP contribution in [-0.2, 0) is 11.2 Å². The summed E-state index contributed by atoms with van der Waals surface area (Å²) in [5, 5.41) is 3.45. The summed E-state index contributed by atoms with van der Waals surface area (Å²) in [6.45, 7) is 10.6. The summed E-state index contributed by atoms with van der Waals surface area (Å²) in [4.78, 5) is 2.49. The summed E-state index contributed by atoms with van der Waals surface area (Å²) in [6.07, 6.45) is 1.10. The van der Waals surface area contributed by atoms with Crippen LogP contribution in [0.2, 0.25) is 0 Å². The number of hydrogen-bond acceptors (Lipinski definition) is 3. The Morgan fingerprint density at radius 2 is 1.81 bits per heavy atom. The van der Waals surface area contributed by atoms with Crippen molar-refractivity contribution in [2.45, 2.75) is 33.2 Å². The number of ether oxygens (including phenoxy) is 1. The topological polar surface area (TPSA) is 24.5 Å². The lowest BCUT2D eigenvalue weighted by molar-refractivity contribution is 0.133. The van der Waals surface area contributed by atoms with Crippen molar-refractivity contribution in [3.8, 4) is 0 Å². The SMILES string of the molecule is CCc1ccc(C(CN(CCOC)CC(C)C)NC)cc1. The number of benzene rings is 1. The standard InChI is InChI=1S/C18H32N2O/c1-6-16-7-9-17(10-8-16)18(19-4)14-20(11-12-21-5)13-15(2)3/h7-10,15,18-19H,6,11-14H2,1-5H3. The predicted molar refractivity (Wildman–Crippen MR) is 90.8 cm³/mol. The second-order valence-corrected chi connectivity index (χ2v) is 6.08. The molecule has 0 amide bonds. The molecule has 1 N–H and O–H groups in total. The van der Waals surface area contributed by atoms with Gasteiger partial charge in [-0.25, -0.2) is 0 Å². The molecule has 3 nitrogen and oxygen atoms in total. The first kappa shape index (κ1) is 18.1. The van der Waals surface area contributed by atoms with Gasteiger partial charge in [-0.15, -0.1) is 0 Å². The summed E-state index contributed by atoms with van der Waals surface area (Å²) in [5.41, 5.74) is 2.76. The minimum atomic E-state index is 0.367. The maximum absolute atomic E-state index is 5.24. The highest BCUT2D eigenvalue weighted by molar-refractivity contribution is 5.25. The molecular weight excluding hydrogens is 260 g/mol. The minimum Gasteiger partial charge on any atom is -0.383 e. The molecule has 1 atom stereocenters. The third-order valence-electron chi connectivity index (χ3n) is 3.81. The van der Waals surface area contributed by atoms with Crippen LogP contribution in [0.3, 0.4) is 0 Å². The van der Waals surface area contributed by atoms with Gasteiger partial charge < -0.3 is 10.1 Å². The van der Waals surface area contributed by atoms with Crippen molar-refractivity contribution < 1.29 is 4.74 Å². The molecule has 21 heavy (non-hydrogen) atoms. The van der Waals surface area contributed by atoms with Crippen molar-refractivity contribution in [1.82, 2.24) is 10.2 Å². The molecule has 1 rings (SSSR count). The van der Waals surface area contributed by atoms with Crippen LogP contribution < -0.4 is 5.32 Å². The van der Waals surface area contributed by atoms with E-state index in [0.29, 0.717) is 12.0 Å². The normalized spacial score (nSPS) is 13.1. The Morgan fingerprint density at radius 3 is 2.29 bits per heavy atom. The lowest BCUT2D eigenvalue weighted by atomic mass is 10.0. The van der Waals surface area contributed by atoms with E-state index in [1.165, 1.54) is 11.1 Å². The fraction of sp³-hybridized carbons (Fsp3) is 0.667. The quantitative estimate of drug-likeness (QED) is 0.717. The van der Waals surface area contributed by atoms with E-state index >= 15 is 0 Å². The molecule has 0 saturated heterocycles. The Hall–Kier alpha value is -0.900. The summed E-state index contributed by atoms with van der Waals surface area (Å²) in [6, 6.07) is 9.35. The molecule has 0 aromatic heterocycles. The van der Waals surface area contributed by atoms with Crippen LogP contribution in [0, 0.1) is 5.92 Å². The van der Waals surface area contributed by atoms with Crippen LogP contribution in [0.25, 0.3) is 0 Å². The molecule has 120 valence electrons. The molecule has 1 aromatic carbocycles. The number of aryl methyl sites for hydroxylation is 1. The van der Waals surface area contributed by atoms with E-state index in [0.717, 1.165) is 32.7 Å². The summed E-state index contributed by atoms with van der Waals surface area (Å²) < 4.78 is 5.24. The van der Waals surface area contributed by atoms with E-state index in [2.05, 4.69) is 55.3 Å². The van der Waals surface area contributed by atoms with Gasteiger partial charge in [0.1, 0.15) is 0 Å². The van der Waals surface area contributed by atoms with Crippen LogP contribution in [0.1, 0.15) is 37.9 Å². The highest BCUT2D eigenvalue weighted by atomic mass is 16.5. The first-order valence-corrected chi connectivity index (χ1v) is 8.08. The Labute approximate surface area is 130 Å². The maximum atomic E-state index is 5.24. The van der Waals surface area contributed by atoms with Gasteiger partial charge in [0.15, 0.2) is 0 Å². The van der Waals surface area contributed by atoms with Gasteiger partial charge in [0.2, 0.25) is 0 Å². The van der Waals surface area contributed by atoms with Crippen LogP contribution in [0.5, 0.6) is 0 Å². The highest BCUT2D eigenvalue weighted by Crippen LogP contribution is 2.16. The molecule has 0 fully saturated rings. The Balaban J connectivity index is 2.70. The smallest absolute Gasteiger partial charge is 0.0589 e. The van der Waals surface area contributed by atoms with Crippen molar-refractivity contribution >= 4 is 0 Å². The molecule has 0 aliphatic rings. The molecule has 0 saturated carbocycles. The zero-order chi connectivity index (χ0) is 15.7. The Morgan fingerprint density at radius 1 is 1.14 bits per heavy atom. The Bertz CT molecular complexity index is 375. The monoisotopic (exact) mass is 292 g/mol. The second-order valence-electron chi connectivity index (χ2n) is 6.08. The van der Waals surface area contributed by atoms with Crippen molar-refractivity contribution in [3.63, 3.8) is 0 Å².